The second kappa shape index (κ2) is 4.77. The van der Waals surface area contributed by atoms with E-state index in [9.17, 15) is 0 Å². The molecule has 1 N–H and O–H groups in total. The number of hydrogen-bond donors (Lipinski definition) is 1. The molecule has 0 radical (unpaired) electrons. The summed E-state index contributed by atoms with van der Waals surface area (Å²) in [4.78, 5) is 2.46. The van der Waals surface area contributed by atoms with Crippen molar-refractivity contribution in [2.24, 2.45) is 0 Å². The van der Waals surface area contributed by atoms with Crippen molar-refractivity contribution < 1.29 is 0 Å². The fourth-order valence-corrected chi connectivity index (χ4v) is 2.41. The number of piperidine rings is 1. The number of hydrogen-bond acceptors (Lipinski definition) is 2. The van der Waals surface area contributed by atoms with Crippen molar-refractivity contribution >= 4 is 0 Å². The SMILES string of the molecule is CNC1CCN(C)C(c2ccccc2)C1. The maximum Gasteiger partial charge on any atom is 0.0359 e. The fraction of sp³-hybridized carbons (Fsp3) is 0.538. The molecule has 82 valence electrons. The van der Waals surface area contributed by atoms with E-state index in [1.165, 1.54) is 24.9 Å². The molecule has 2 heteroatoms. The molecule has 2 nitrogen and oxygen atoms in total. The third-order valence-corrected chi connectivity index (χ3v) is 3.46. The van der Waals surface area contributed by atoms with E-state index in [-0.39, 0.29) is 0 Å². The lowest BCUT2D eigenvalue weighted by Gasteiger charge is -2.37. The van der Waals surface area contributed by atoms with Crippen LogP contribution in [0, 0.1) is 0 Å². The van der Waals surface area contributed by atoms with E-state index in [1.54, 1.807) is 0 Å². The topological polar surface area (TPSA) is 15.3 Å². The van der Waals surface area contributed by atoms with Gasteiger partial charge in [0, 0.05) is 12.1 Å². The van der Waals surface area contributed by atoms with Gasteiger partial charge in [0.2, 0.25) is 0 Å². The molecule has 0 bridgehead atoms. The molecule has 1 saturated heterocycles. The highest BCUT2D eigenvalue weighted by atomic mass is 15.1. The summed E-state index contributed by atoms with van der Waals surface area (Å²) in [5, 5.41) is 3.40. The Kier molecular flexibility index (Phi) is 3.39. The molecule has 2 unspecified atom stereocenters. The number of benzene rings is 1. The number of rotatable bonds is 2. The van der Waals surface area contributed by atoms with E-state index in [4.69, 9.17) is 0 Å². The molecule has 1 aliphatic heterocycles. The van der Waals surface area contributed by atoms with E-state index < -0.39 is 0 Å². The Labute approximate surface area is 92.3 Å². The van der Waals surface area contributed by atoms with Gasteiger partial charge in [-0.05, 0) is 39.0 Å². The molecule has 0 saturated carbocycles. The van der Waals surface area contributed by atoms with Crippen LogP contribution in [0.4, 0.5) is 0 Å². The van der Waals surface area contributed by atoms with Gasteiger partial charge in [0.25, 0.3) is 0 Å². The Bertz CT molecular complexity index is 297. The quantitative estimate of drug-likeness (QED) is 0.793. The van der Waals surface area contributed by atoms with Gasteiger partial charge in [-0.2, -0.15) is 0 Å². The standard InChI is InChI=1S/C13H20N2/c1-14-12-8-9-15(2)13(10-12)11-6-4-3-5-7-11/h3-7,12-14H,8-10H2,1-2H3. The fourth-order valence-electron chi connectivity index (χ4n) is 2.41. The molecule has 0 aromatic heterocycles. The minimum Gasteiger partial charge on any atom is -0.317 e. The molecule has 0 aliphatic carbocycles. The lowest BCUT2D eigenvalue weighted by Crippen LogP contribution is -2.41. The summed E-state index contributed by atoms with van der Waals surface area (Å²) in [5.41, 5.74) is 1.44. The number of nitrogens with zero attached hydrogens (tertiary/aromatic N) is 1. The van der Waals surface area contributed by atoms with Gasteiger partial charge >= 0.3 is 0 Å². The Morgan fingerprint density at radius 2 is 2.00 bits per heavy atom. The zero-order valence-electron chi connectivity index (χ0n) is 9.61. The van der Waals surface area contributed by atoms with E-state index in [0.29, 0.717) is 12.1 Å². The summed E-state index contributed by atoms with van der Waals surface area (Å²) in [7, 11) is 4.29. The van der Waals surface area contributed by atoms with Crippen molar-refractivity contribution in [2.45, 2.75) is 24.9 Å². The maximum absolute atomic E-state index is 3.40. The Morgan fingerprint density at radius 1 is 1.27 bits per heavy atom. The highest BCUT2D eigenvalue weighted by Gasteiger charge is 2.25. The Hall–Kier alpha value is -0.860. The van der Waals surface area contributed by atoms with Crippen LogP contribution in [0.1, 0.15) is 24.4 Å². The lowest BCUT2D eigenvalue weighted by atomic mass is 9.92. The maximum atomic E-state index is 3.40. The largest absolute Gasteiger partial charge is 0.317 e. The summed E-state index contributed by atoms with van der Waals surface area (Å²) >= 11 is 0. The smallest absolute Gasteiger partial charge is 0.0359 e. The molecule has 2 rings (SSSR count). The molecule has 0 amide bonds. The third-order valence-electron chi connectivity index (χ3n) is 3.46. The summed E-state index contributed by atoms with van der Waals surface area (Å²) in [6, 6.07) is 12.1. The first-order valence-electron chi connectivity index (χ1n) is 5.73. The third kappa shape index (κ3) is 2.39. The molecule has 15 heavy (non-hydrogen) atoms. The molecule has 1 aliphatic rings. The van der Waals surface area contributed by atoms with Crippen LogP contribution in [0.5, 0.6) is 0 Å². The molecule has 1 aromatic carbocycles. The second-order valence-electron chi connectivity index (χ2n) is 4.42. The predicted octanol–water partition coefficient (Wildman–Crippen LogP) is 2.04. The van der Waals surface area contributed by atoms with Crippen molar-refractivity contribution in [3.63, 3.8) is 0 Å². The first-order chi connectivity index (χ1) is 7.31. The van der Waals surface area contributed by atoms with Crippen LogP contribution < -0.4 is 5.32 Å². The highest BCUT2D eigenvalue weighted by molar-refractivity contribution is 5.19. The van der Waals surface area contributed by atoms with Gasteiger partial charge in [-0.1, -0.05) is 30.3 Å². The van der Waals surface area contributed by atoms with E-state index >= 15 is 0 Å². The minimum absolute atomic E-state index is 0.581. The normalized spacial score (nSPS) is 27.9. The Balaban J connectivity index is 2.13. The predicted molar refractivity (Wildman–Crippen MR) is 63.9 cm³/mol. The van der Waals surface area contributed by atoms with Crippen LogP contribution in [-0.4, -0.2) is 31.6 Å². The molecule has 2 atom stereocenters. The lowest BCUT2D eigenvalue weighted by molar-refractivity contribution is 0.160. The molecule has 0 spiro atoms. The van der Waals surface area contributed by atoms with Gasteiger partial charge < -0.3 is 5.32 Å². The van der Waals surface area contributed by atoms with E-state index in [0.717, 1.165) is 0 Å². The summed E-state index contributed by atoms with van der Waals surface area (Å²) in [6.45, 7) is 1.19. The van der Waals surface area contributed by atoms with Gasteiger partial charge in [-0.25, -0.2) is 0 Å². The first kappa shape index (κ1) is 10.7. The molecular formula is C13H20N2. The first-order valence-corrected chi connectivity index (χ1v) is 5.73. The average molecular weight is 204 g/mol. The summed E-state index contributed by atoms with van der Waals surface area (Å²) < 4.78 is 0. The van der Waals surface area contributed by atoms with E-state index in [2.05, 4.69) is 54.6 Å². The van der Waals surface area contributed by atoms with Crippen molar-refractivity contribution in [3.8, 4) is 0 Å². The van der Waals surface area contributed by atoms with Crippen molar-refractivity contribution in [2.75, 3.05) is 20.6 Å². The number of likely N-dealkylation sites (tertiary alicyclic amines) is 1. The minimum atomic E-state index is 0.581. The van der Waals surface area contributed by atoms with Gasteiger partial charge in [0.15, 0.2) is 0 Å². The van der Waals surface area contributed by atoms with Crippen molar-refractivity contribution in [3.05, 3.63) is 35.9 Å². The van der Waals surface area contributed by atoms with Crippen LogP contribution in [0.3, 0.4) is 0 Å². The zero-order valence-corrected chi connectivity index (χ0v) is 9.61. The summed E-state index contributed by atoms with van der Waals surface area (Å²) in [6.07, 6.45) is 2.48. The van der Waals surface area contributed by atoms with Gasteiger partial charge in [0.05, 0.1) is 0 Å². The van der Waals surface area contributed by atoms with E-state index in [1.807, 2.05) is 0 Å². The summed E-state index contributed by atoms with van der Waals surface area (Å²) in [5.74, 6) is 0. The second-order valence-corrected chi connectivity index (χ2v) is 4.42. The van der Waals surface area contributed by atoms with Crippen molar-refractivity contribution in [1.29, 1.82) is 0 Å². The van der Waals surface area contributed by atoms with Crippen molar-refractivity contribution in [1.82, 2.24) is 10.2 Å². The van der Waals surface area contributed by atoms with Gasteiger partial charge in [-0.3, -0.25) is 4.90 Å². The monoisotopic (exact) mass is 204 g/mol. The highest BCUT2D eigenvalue weighted by Crippen LogP contribution is 2.29. The van der Waals surface area contributed by atoms with Gasteiger partial charge in [0.1, 0.15) is 0 Å². The van der Waals surface area contributed by atoms with Crippen LogP contribution >= 0.6 is 0 Å². The van der Waals surface area contributed by atoms with Gasteiger partial charge in [-0.15, -0.1) is 0 Å². The average Bonchev–Trinajstić information content (AvgIpc) is 2.31. The van der Waals surface area contributed by atoms with Crippen LogP contribution in [0.15, 0.2) is 30.3 Å². The Morgan fingerprint density at radius 3 is 2.67 bits per heavy atom. The zero-order chi connectivity index (χ0) is 10.7. The van der Waals surface area contributed by atoms with Crippen LogP contribution in [-0.2, 0) is 0 Å². The number of nitrogens with one attached hydrogen (secondary N) is 1. The molecule has 1 fully saturated rings. The van der Waals surface area contributed by atoms with Crippen LogP contribution in [0.25, 0.3) is 0 Å². The molecular weight excluding hydrogens is 184 g/mol. The molecule has 1 aromatic rings. The van der Waals surface area contributed by atoms with Crippen LogP contribution in [0.2, 0.25) is 0 Å². The molecule has 1 heterocycles.